The number of nitrogens with one attached hydrogen (secondary N) is 1. The van der Waals surface area contributed by atoms with Gasteiger partial charge in [-0.15, -0.1) is 0 Å². The van der Waals surface area contributed by atoms with Crippen LogP contribution >= 0.6 is 0 Å². The second-order valence-corrected chi connectivity index (χ2v) is 4.22. The maximum absolute atomic E-state index is 12.9. The summed E-state index contributed by atoms with van der Waals surface area (Å²) in [5, 5.41) is 0. The van der Waals surface area contributed by atoms with Gasteiger partial charge in [0.1, 0.15) is 0 Å². The van der Waals surface area contributed by atoms with Gasteiger partial charge in [-0.2, -0.15) is 13.2 Å². The summed E-state index contributed by atoms with van der Waals surface area (Å²) in [4.78, 5) is 25.4. The van der Waals surface area contributed by atoms with Crippen LogP contribution in [0.25, 0.3) is 11.3 Å². The largest absolute Gasteiger partial charge is 0.417 e. The van der Waals surface area contributed by atoms with Gasteiger partial charge in [0.15, 0.2) is 11.2 Å². The summed E-state index contributed by atoms with van der Waals surface area (Å²) in [6, 6.07) is 5.92. The summed E-state index contributed by atoms with van der Waals surface area (Å²) in [5.74, 6) is -0.443. The minimum Gasteiger partial charge on any atom is -0.360 e. The fourth-order valence-corrected chi connectivity index (χ4v) is 1.87. The first-order valence-electron chi connectivity index (χ1n) is 5.71. The number of halogens is 3. The van der Waals surface area contributed by atoms with E-state index in [9.17, 15) is 22.8 Å². The van der Waals surface area contributed by atoms with Crippen LogP contribution in [0.4, 0.5) is 13.2 Å². The molecule has 104 valence electrons. The Morgan fingerprint density at radius 3 is 2.40 bits per heavy atom. The molecule has 6 heteroatoms. The fourth-order valence-electron chi connectivity index (χ4n) is 1.87. The molecule has 0 bridgehead atoms. The Hall–Kier alpha value is -2.37. The highest BCUT2D eigenvalue weighted by atomic mass is 19.4. The lowest BCUT2D eigenvalue weighted by atomic mass is 10.0. The van der Waals surface area contributed by atoms with Gasteiger partial charge in [0, 0.05) is 23.5 Å². The molecule has 2 aromatic rings. The van der Waals surface area contributed by atoms with Crippen LogP contribution in [0.5, 0.6) is 0 Å². The maximum Gasteiger partial charge on any atom is 0.417 e. The van der Waals surface area contributed by atoms with Crippen LogP contribution in [0.2, 0.25) is 0 Å². The number of carbonyl (C=O) groups excluding carboxylic acids is 1. The molecule has 0 spiro atoms. The summed E-state index contributed by atoms with van der Waals surface area (Å²) in [6.45, 7) is 1.22. The molecule has 0 saturated heterocycles. The molecule has 0 aliphatic heterocycles. The average Bonchev–Trinajstić information content (AvgIpc) is 2.37. The van der Waals surface area contributed by atoms with Crippen LogP contribution in [0.3, 0.4) is 0 Å². The molecule has 1 aromatic heterocycles. The number of hydrogen-bond donors (Lipinski definition) is 1. The number of H-pyrrole nitrogens is 1. The molecular formula is C14H10F3NO2. The van der Waals surface area contributed by atoms with Gasteiger partial charge in [0.25, 0.3) is 0 Å². The van der Waals surface area contributed by atoms with Crippen molar-refractivity contribution in [3.8, 4) is 11.3 Å². The van der Waals surface area contributed by atoms with Gasteiger partial charge in [0.2, 0.25) is 0 Å². The van der Waals surface area contributed by atoms with Crippen molar-refractivity contribution in [1.29, 1.82) is 0 Å². The molecule has 0 aliphatic rings. The second kappa shape index (κ2) is 4.96. The number of carbonyl (C=O) groups is 1. The van der Waals surface area contributed by atoms with Gasteiger partial charge in [0.05, 0.1) is 11.1 Å². The van der Waals surface area contributed by atoms with Crippen molar-refractivity contribution in [3.63, 3.8) is 0 Å². The van der Waals surface area contributed by atoms with E-state index >= 15 is 0 Å². The highest BCUT2D eigenvalue weighted by Crippen LogP contribution is 2.35. The predicted molar refractivity (Wildman–Crippen MR) is 67.5 cm³/mol. The van der Waals surface area contributed by atoms with E-state index in [-0.39, 0.29) is 16.8 Å². The Bertz CT molecular complexity index is 717. The van der Waals surface area contributed by atoms with Gasteiger partial charge >= 0.3 is 6.18 Å². The lowest BCUT2D eigenvalue weighted by Gasteiger charge is -2.12. The SMILES string of the molecule is CC(=O)c1c[nH]c(-c2ccccc2C(F)(F)F)cc1=O. The number of rotatable bonds is 2. The number of hydrogen-bond acceptors (Lipinski definition) is 2. The van der Waals surface area contributed by atoms with Crippen molar-refractivity contribution in [2.75, 3.05) is 0 Å². The van der Waals surface area contributed by atoms with Crippen molar-refractivity contribution in [1.82, 2.24) is 4.98 Å². The molecule has 0 radical (unpaired) electrons. The Kier molecular flexibility index (Phi) is 3.48. The first-order chi connectivity index (χ1) is 9.30. The molecule has 0 atom stereocenters. The molecule has 1 N–H and O–H groups in total. The second-order valence-electron chi connectivity index (χ2n) is 4.22. The first-order valence-corrected chi connectivity index (χ1v) is 5.71. The Morgan fingerprint density at radius 2 is 1.85 bits per heavy atom. The van der Waals surface area contributed by atoms with Crippen LogP contribution in [-0.4, -0.2) is 10.8 Å². The third-order valence-electron chi connectivity index (χ3n) is 2.81. The zero-order chi connectivity index (χ0) is 14.9. The minimum atomic E-state index is -4.52. The van der Waals surface area contributed by atoms with E-state index in [1.54, 1.807) is 0 Å². The molecule has 0 unspecified atom stereocenters. The highest BCUT2D eigenvalue weighted by Gasteiger charge is 2.33. The Balaban J connectivity index is 2.62. The van der Waals surface area contributed by atoms with Gasteiger partial charge in [-0.3, -0.25) is 9.59 Å². The van der Waals surface area contributed by atoms with E-state index < -0.39 is 23.0 Å². The third kappa shape index (κ3) is 2.64. The van der Waals surface area contributed by atoms with Crippen molar-refractivity contribution in [3.05, 3.63) is 57.9 Å². The van der Waals surface area contributed by atoms with Crippen molar-refractivity contribution in [2.45, 2.75) is 13.1 Å². The molecule has 0 amide bonds. The summed E-state index contributed by atoms with van der Waals surface area (Å²) >= 11 is 0. The maximum atomic E-state index is 12.9. The number of alkyl halides is 3. The summed E-state index contributed by atoms with van der Waals surface area (Å²) in [6.07, 6.45) is -3.39. The molecule has 0 fully saturated rings. The van der Waals surface area contributed by atoms with Crippen molar-refractivity contribution >= 4 is 5.78 Å². The number of aromatic amines is 1. The Morgan fingerprint density at radius 1 is 1.20 bits per heavy atom. The molecule has 20 heavy (non-hydrogen) atoms. The zero-order valence-electron chi connectivity index (χ0n) is 10.4. The average molecular weight is 281 g/mol. The lowest BCUT2D eigenvalue weighted by Crippen LogP contribution is -2.14. The van der Waals surface area contributed by atoms with Crippen LogP contribution in [-0.2, 0) is 6.18 Å². The van der Waals surface area contributed by atoms with Crippen molar-refractivity contribution in [2.24, 2.45) is 0 Å². The number of benzene rings is 1. The minimum absolute atomic E-state index is 0.0212. The summed E-state index contributed by atoms with van der Waals surface area (Å²) in [7, 11) is 0. The molecule has 0 aliphatic carbocycles. The number of aromatic nitrogens is 1. The summed E-state index contributed by atoms with van der Waals surface area (Å²) in [5.41, 5.74) is -1.65. The standard InChI is InChI=1S/C14H10F3NO2/c1-8(19)10-7-18-12(6-13(10)20)9-4-2-3-5-11(9)14(15,16)17/h2-7H,1H3,(H,18,20). The molecule has 0 saturated carbocycles. The third-order valence-corrected chi connectivity index (χ3v) is 2.81. The van der Waals surface area contributed by atoms with Crippen LogP contribution in [0, 0.1) is 0 Å². The van der Waals surface area contributed by atoms with Gasteiger partial charge in [-0.05, 0) is 13.0 Å². The van der Waals surface area contributed by atoms with E-state index in [1.165, 1.54) is 25.1 Å². The zero-order valence-corrected chi connectivity index (χ0v) is 10.4. The van der Waals surface area contributed by atoms with E-state index in [4.69, 9.17) is 0 Å². The molecular weight excluding hydrogens is 271 g/mol. The smallest absolute Gasteiger partial charge is 0.360 e. The normalized spacial score (nSPS) is 11.4. The number of Topliss-reactive ketones (excluding diaryl/α,β-unsaturated/α-hetero) is 1. The molecule has 3 nitrogen and oxygen atoms in total. The predicted octanol–water partition coefficient (Wildman–Crippen LogP) is 3.26. The lowest BCUT2D eigenvalue weighted by molar-refractivity contribution is -0.137. The monoisotopic (exact) mass is 281 g/mol. The van der Waals surface area contributed by atoms with Crippen LogP contribution < -0.4 is 5.43 Å². The number of ketones is 1. The Labute approximate surface area is 112 Å². The highest BCUT2D eigenvalue weighted by molar-refractivity contribution is 5.93. The molecule has 1 heterocycles. The number of pyridine rings is 1. The van der Waals surface area contributed by atoms with E-state index in [0.29, 0.717) is 0 Å². The summed E-state index contributed by atoms with van der Waals surface area (Å²) < 4.78 is 38.7. The van der Waals surface area contributed by atoms with E-state index in [1.807, 2.05) is 0 Å². The van der Waals surface area contributed by atoms with E-state index in [0.717, 1.165) is 18.3 Å². The molecule has 2 rings (SSSR count). The van der Waals surface area contributed by atoms with E-state index in [2.05, 4.69) is 4.98 Å². The topological polar surface area (TPSA) is 49.9 Å². The molecule has 1 aromatic carbocycles. The van der Waals surface area contributed by atoms with Gasteiger partial charge in [-0.1, -0.05) is 18.2 Å². The van der Waals surface area contributed by atoms with Crippen molar-refractivity contribution < 1.29 is 18.0 Å². The van der Waals surface area contributed by atoms with Crippen LogP contribution in [0.1, 0.15) is 22.8 Å². The fraction of sp³-hybridized carbons (Fsp3) is 0.143. The van der Waals surface area contributed by atoms with Gasteiger partial charge in [-0.25, -0.2) is 0 Å². The first kappa shape index (κ1) is 14.0. The quantitative estimate of drug-likeness (QED) is 0.859. The van der Waals surface area contributed by atoms with Gasteiger partial charge < -0.3 is 4.98 Å². The van der Waals surface area contributed by atoms with Crippen LogP contribution in [0.15, 0.2) is 41.3 Å².